The number of methoxy groups -OCH3 is 3. The number of ether oxygens (including phenoxy) is 3. The Bertz CT molecular complexity index is 1290. The van der Waals surface area contributed by atoms with Crippen LogP contribution in [0.5, 0.6) is 17.2 Å². The molecule has 34 heavy (non-hydrogen) atoms. The van der Waals surface area contributed by atoms with Gasteiger partial charge in [0, 0.05) is 29.0 Å². The lowest BCUT2D eigenvalue weighted by atomic mass is 9.93. The van der Waals surface area contributed by atoms with Gasteiger partial charge < -0.3 is 19.5 Å². The molecule has 3 aromatic rings. The van der Waals surface area contributed by atoms with E-state index in [2.05, 4.69) is 15.4 Å². The molecule has 1 atom stereocenters. The minimum absolute atomic E-state index is 0.0420. The summed E-state index contributed by atoms with van der Waals surface area (Å²) >= 11 is 0. The molecule has 4 rings (SSSR count). The first-order valence-corrected chi connectivity index (χ1v) is 10.3. The maximum absolute atomic E-state index is 12.6. The highest BCUT2D eigenvalue weighted by atomic mass is 16.6. The van der Waals surface area contributed by atoms with Crippen LogP contribution in [0.1, 0.15) is 25.5 Å². The van der Waals surface area contributed by atoms with Crippen LogP contribution < -0.4 is 19.5 Å². The van der Waals surface area contributed by atoms with E-state index in [0.29, 0.717) is 51.4 Å². The highest BCUT2D eigenvalue weighted by Crippen LogP contribution is 2.42. The van der Waals surface area contributed by atoms with Gasteiger partial charge in [-0.05, 0) is 43.7 Å². The van der Waals surface area contributed by atoms with E-state index in [4.69, 9.17) is 14.2 Å². The van der Waals surface area contributed by atoms with E-state index in [1.807, 2.05) is 0 Å². The van der Waals surface area contributed by atoms with Gasteiger partial charge in [0.2, 0.25) is 11.7 Å². The molecule has 0 saturated carbocycles. The molecule has 1 aromatic heterocycles. The highest BCUT2D eigenvalue weighted by molar-refractivity contribution is 5.96. The number of benzene rings is 2. The van der Waals surface area contributed by atoms with Crippen molar-refractivity contribution in [2.45, 2.75) is 19.9 Å². The van der Waals surface area contributed by atoms with Crippen molar-refractivity contribution in [1.82, 2.24) is 14.8 Å². The van der Waals surface area contributed by atoms with Crippen molar-refractivity contribution in [1.29, 1.82) is 0 Å². The number of ketones is 1. The Balaban J connectivity index is 1.86. The number of carbonyl (C=O) groups excluding carboxylic acids is 1. The zero-order chi connectivity index (χ0) is 24.6. The third-order valence-corrected chi connectivity index (χ3v) is 5.57. The summed E-state index contributed by atoms with van der Waals surface area (Å²) in [4.78, 5) is 27.8. The van der Waals surface area contributed by atoms with E-state index in [9.17, 15) is 14.9 Å². The SMILES string of the molecule is COc1cc(-c2nc3n(n2)C(c2ccc([N+](=O)[O-])cc2)C(C(C)=O)=C(C)N3)cc(OC)c1OC. The average molecular weight is 465 g/mol. The Hall–Kier alpha value is -4.41. The van der Waals surface area contributed by atoms with E-state index in [1.165, 1.54) is 40.4 Å². The number of nitrogens with zero attached hydrogens (tertiary/aromatic N) is 4. The van der Waals surface area contributed by atoms with E-state index in [1.54, 1.807) is 35.9 Å². The first kappa shape index (κ1) is 22.8. The van der Waals surface area contributed by atoms with Gasteiger partial charge in [0.1, 0.15) is 6.04 Å². The Morgan fingerprint density at radius 2 is 1.71 bits per heavy atom. The summed E-state index contributed by atoms with van der Waals surface area (Å²) in [5.74, 6) is 1.98. The smallest absolute Gasteiger partial charge is 0.269 e. The minimum atomic E-state index is -0.613. The Kier molecular flexibility index (Phi) is 5.93. The molecule has 176 valence electrons. The molecule has 11 heteroatoms. The zero-order valence-corrected chi connectivity index (χ0v) is 19.3. The number of anilines is 1. The summed E-state index contributed by atoms with van der Waals surface area (Å²) in [6.45, 7) is 3.26. The largest absolute Gasteiger partial charge is 0.493 e. The van der Waals surface area contributed by atoms with Gasteiger partial charge in [-0.25, -0.2) is 4.68 Å². The predicted molar refractivity (Wildman–Crippen MR) is 123 cm³/mol. The Morgan fingerprint density at radius 3 is 2.21 bits per heavy atom. The molecule has 0 amide bonds. The van der Waals surface area contributed by atoms with Gasteiger partial charge in [-0.3, -0.25) is 14.9 Å². The number of Topliss-reactive ketones (excluding diaryl/α,β-unsaturated/α-hetero) is 1. The van der Waals surface area contributed by atoms with E-state index in [0.717, 1.165) is 0 Å². The molecule has 0 bridgehead atoms. The van der Waals surface area contributed by atoms with Gasteiger partial charge in [0.15, 0.2) is 23.1 Å². The second-order valence-corrected chi connectivity index (χ2v) is 7.59. The van der Waals surface area contributed by atoms with Crippen LogP contribution in [0.2, 0.25) is 0 Å². The van der Waals surface area contributed by atoms with Crippen molar-refractivity contribution in [3.8, 4) is 28.6 Å². The molecule has 2 aromatic carbocycles. The molecule has 0 saturated heterocycles. The molecular formula is C23H23N5O6. The van der Waals surface area contributed by atoms with Crippen molar-refractivity contribution in [3.05, 3.63) is 63.3 Å². The minimum Gasteiger partial charge on any atom is -0.493 e. The zero-order valence-electron chi connectivity index (χ0n) is 19.3. The van der Waals surface area contributed by atoms with Crippen molar-refractivity contribution in [3.63, 3.8) is 0 Å². The van der Waals surface area contributed by atoms with Gasteiger partial charge in [0.05, 0.1) is 26.3 Å². The number of carbonyl (C=O) groups is 1. The topological polar surface area (TPSA) is 131 Å². The summed E-state index contributed by atoms with van der Waals surface area (Å²) in [5, 5.41) is 18.9. The molecule has 0 aliphatic carbocycles. The fraction of sp³-hybridized carbons (Fsp3) is 0.261. The van der Waals surface area contributed by atoms with E-state index < -0.39 is 11.0 Å². The summed E-state index contributed by atoms with van der Waals surface area (Å²) < 4.78 is 17.9. The number of aromatic nitrogens is 3. The van der Waals surface area contributed by atoms with Crippen LogP contribution in [0.4, 0.5) is 11.6 Å². The van der Waals surface area contributed by atoms with Crippen LogP contribution in [0.3, 0.4) is 0 Å². The fourth-order valence-electron chi connectivity index (χ4n) is 4.03. The monoisotopic (exact) mass is 465 g/mol. The summed E-state index contributed by atoms with van der Waals surface area (Å²) in [6.07, 6.45) is 0. The van der Waals surface area contributed by atoms with Crippen LogP contribution in [-0.2, 0) is 4.79 Å². The van der Waals surface area contributed by atoms with Crippen LogP contribution in [0.15, 0.2) is 47.7 Å². The summed E-state index contributed by atoms with van der Waals surface area (Å²) in [6, 6.07) is 8.90. The third kappa shape index (κ3) is 3.81. The number of rotatable bonds is 7. The first-order chi connectivity index (χ1) is 16.3. The van der Waals surface area contributed by atoms with Crippen molar-refractivity contribution >= 4 is 17.4 Å². The Labute approximate surface area is 195 Å². The van der Waals surface area contributed by atoms with Crippen molar-refractivity contribution in [2.24, 2.45) is 0 Å². The fourth-order valence-corrected chi connectivity index (χ4v) is 4.03. The molecule has 2 heterocycles. The quantitative estimate of drug-likeness (QED) is 0.409. The number of allylic oxidation sites excluding steroid dienone is 2. The van der Waals surface area contributed by atoms with Crippen LogP contribution >= 0.6 is 0 Å². The molecule has 1 unspecified atom stereocenters. The highest BCUT2D eigenvalue weighted by Gasteiger charge is 2.33. The molecule has 0 spiro atoms. The summed E-state index contributed by atoms with van der Waals surface area (Å²) in [7, 11) is 4.56. The van der Waals surface area contributed by atoms with Gasteiger partial charge in [-0.2, -0.15) is 4.98 Å². The number of nitro groups is 1. The van der Waals surface area contributed by atoms with Gasteiger partial charge in [0.25, 0.3) is 5.69 Å². The standard InChI is InChI=1S/C23H23N5O6/c1-12-19(13(2)29)20(14-6-8-16(9-7-14)28(30)31)27-23(24-12)25-22(26-27)15-10-17(32-3)21(34-5)18(11-15)33-4/h6-11,20H,1-5H3,(H,24,25,26). The summed E-state index contributed by atoms with van der Waals surface area (Å²) in [5.41, 5.74) is 2.36. The third-order valence-electron chi connectivity index (χ3n) is 5.57. The van der Waals surface area contributed by atoms with Gasteiger partial charge in [-0.1, -0.05) is 0 Å². The van der Waals surface area contributed by atoms with Crippen LogP contribution in [0, 0.1) is 10.1 Å². The predicted octanol–water partition coefficient (Wildman–Crippen LogP) is 3.76. The number of fused-ring (bicyclic) bond motifs is 1. The number of hydrogen-bond donors (Lipinski definition) is 1. The van der Waals surface area contributed by atoms with E-state index in [-0.39, 0.29) is 11.5 Å². The first-order valence-electron chi connectivity index (χ1n) is 10.3. The van der Waals surface area contributed by atoms with Crippen LogP contribution in [-0.4, -0.2) is 46.8 Å². The molecule has 1 aliphatic rings. The number of hydrogen-bond acceptors (Lipinski definition) is 9. The molecule has 1 aliphatic heterocycles. The van der Waals surface area contributed by atoms with Crippen molar-refractivity contribution < 1.29 is 23.9 Å². The molecular weight excluding hydrogens is 442 g/mol. The van der Waals surface area contributed by atoms with Gasteiger partial charge in [-0.15, -0.1) is 5.10 Å². The van der Waals surface area contributed by atoms with Crippen LogP contribution in [0.25, 0.3) is 11.4 Å². The average Bonchev–Trinajstić information content (AvgIpc) is 3.25. The Morgan fingerprint density at radius 1 is 1.09 bits per heavy atom. The molecule has 0 fully saturated rings. The maximum Gasteiger partial charge on any atom is 0.269 e. The number of nitro benzene ring substituents is 1. The lowest BCUT2D eigenvalue weighted by Gasteiger charge is -2.28. The molecule has 11 nitrogen and oxygen atoms in total. The normalized spacial score (nSPS) is 14.8. The number of non-ortho nitro benzene ring substituents is 1. The maximum atomic E-state index is 12.6. The lowest BCUT2D eigenvalue weighted by Crippen LogP contribution is -2.27. The molecule has 0 radical (unpaired) electrons. The second kappa shape index (κ2) is 8.85. The number of nitrogens with one attached hydrogen (secondary N) is 1. The van der Waals surface area contributed by atoms with Gasteiger partial charge >= 0.3 is 0 Å². The van der Waals surface area contributed by atoms with E-state index >= 15 is 0 Å². The van der Waals surface area contributed by atoms with Crippen molar-refractivity contribution in [2.75, 3.05) is 26.6 Å². The lowest BCUT2D eigenvalue weighted by molar-refractivity contribution is -0.384. The second-order valence-electron chi connectivity index (χ2n) is 7.59. The molecule has 1 N–H and O–H groups in total.